The SMILES string of the molecule is CC(OC(OCC(F)(F)F)C(C)(C)C)C(C)(C)C. The Morgan fingerprint density at radius 3 is 1.61 bits per heavy atom. The van der Waals surface area contributed by atoms with Crippen molar-refractivity contribution in [3.05, 3.63) is 0 Å². The summed E-state index contributed by atoms with van der Waals surface area (Å²) < 4.78 is 47.1. The van der Waals surface area contributed by atoms with Gasteiger partial charge < -0.3 is 9.47 Å². The third-order valence-electron chi connectivity index (χ3n) is 2.65. The number of halogens is 3. The summed E-state index contributed by atoms with van der Waals surface area (Å²) >= 11 is 0. The van der Waals surface area contributed by atoms with Crippen molar-refractivity contribution in [1.82, 2.24) is 0 Å². The van der Waals surface area contributed by atoms with Gasteiger partial charge in [-0.05, 0) is 12.3 Å². The smallest absolute Gasteiger partial charge is 0.349 e. The molecule has 0 bridgehead atoms. The Labute approximate surface area is 108 Å². The fourth-order valence-corrected chi connectivity index (χ4v) is 1.05. The molecule has 0 aromatic rings. The standard InChI is InChI=1S/C13H25F3O2/c1-9(11(2,3)4)18-10(12(5,6)7)17-8-13(14,15)16/h9-10H,8H2,1-7H3. The molecule has 0 aromatic heterocycles. The summed E-state index contributed by atoms with van der Waals surface area (Å²) in [6.45, 7) is 11.9. The zero-order chi connectivity index (χ0) is 14.8. The molecule has 0 heterocycles. The van der Waals surface area contributed by atoms with Crippen LogP contribution in [0.3, 0.4) is 0 Å². The largest absolute Gasteiger partial charge is 0.411 e. The van der Waals surface area contributed by atoms with Gasteiger partial charge in [0.2, 0.25) is 0 Å². The monoisotopic (exact) mass is 270 g/mol. The van der Waals surface area contributed by atoms with E-state index < -0.39 is 24.5 Å². The topological polar surface area (TPSA) is 18.5 Å². The average Bonchev–Trinajstić information content (AvgIpc) is 2.06. The first-order chi connectivity index (χ1) is 7.73. The van der Waals surface area contributed by atoms with Crippen molar-refractivity contribution in [1.29, 1.82) is 0 Å². The first kappa shape index (κ1) is 17.7. The number of ether oxygens (including phenoxy) is 2. The van der Waals surface area contributed by atoms with E-state index in [1.807, 2.05) is 27.7 Å². The molecule has 0 aliphatic heterocycles. The Bertz CT molecular complexity index is 248. The van der Waals surface area contributed by atoms with E-state index in [0.29, 0.717) is 0 Å². The van der Waals surface area contributed by atoms with E-state index in [-0.39, 0.29) is 11.5 Å². The first-order valence-electron chi connectivity index (χ1n) is 6.07. The predicted molar refractivity (Wildman–Crippen MR) is 65.3 cm³/mol. The van der Waals surface area contributed by atoms with Gasteiger partial charge in [0, 0.05) is 5.41 Å². The highest BCUT2D eigenvalue weighted by Crippen LogP contribution is 2.31. The minimum absolute atomic E-state index is 0.148. The van der Waals surface area contributed by atoms with Crippen molar-refractivity contribution in [3.8, 4) is 0 Å². The van der Waals surface area contributed by atoms with Crippen LogP contribution in [-0.2, 0) is 9.47 Å². The van der Waals surface area contributed by atoms with Crippen LogP contribution >= 0.6 is 0 Å². The normalized spacial score (nSPS) is 17.7. The van der Waals surface area contributed by atoms with Gasteiger partial charge in [0.25, 0.3) is 0 Å². The van der Waals surface area contributed by atoms with Gasteiger partial charge in [-0.25, -0.2) is 0 Å². The molecule has 0 radical (unpaired) electrons. The molecule has 0 N–H and O–H groups in total. The number of alkyl halides is 3. The Morgan fingerprint density at radius 2 is 1.33 bits per heavy atom. The molecular formula is C13H25F3O2. The quantitative estimate of drug-likeness (QED) is 0.705. The molecule has 0 fully saturated rings. The second kappa shape index (κ2) is 5.78. The number of hydrogen-bond acceptors (Lipinski definition) is 2. The van der Waals surface area contributed by atoms with E-state index in [1.54, 1.807) is 20.8 Å². The molecule has 2 nitrogen and oxygen atoms in total. The highest BCUT2D eigenvalue weighted by atomic mass is 19.4. The molecular weight excluding hydrogens is 245 g/mol. The van der Waals surface area contributed by atoms with E-state index in [0.717, 1.165) is 0 Å². The lowest BCUT2D eigenvalue weighted by atomic mass is 9.89. The molecule has 18 heavy (non-hydrogen) atoms. The molecule has 2 atom stereocenters. The third kappa shape index (κ3) is 7.21. The number of rotatable bonds is 4. The van der Waals surface area contributed by atoms with Crippen molar-refractivity contribution in [2.24, 2.45) is 10.8 Å². The van der Waals surface area contributed by atoms with Crippen LogP contribution in [0.5, 0.6) is 0 Å². The third-order valence-corrected chi connectivity index (χ3v) is 2.65. The van der Waals surface area contributed by atoms with E-state index in [2.05, 4.69) is 0 Å². The molecule has 0 saturated heterocycles. The van der Waals surface area contributed by atoms with Crippen molar-refractivity contribution in [3.63, 3.8) is 0 Å². The van der Waals surface area contributed by atoms with Gasteiger partial charge in [0.1, 0.15) is 6.61 Å². The Morgan fingerprint density at radius 1 is 0.889 bits per heavy atom. The van der Waals surface area contributed by atoms with Gasteiger partial charge in [-0.15, -0.1) is 0 Å². The Balaban J connectivity index is 4.63. The fraction of sp³-hybridized carbons (Fsp3) is 1.00. The fourth-order valence-electron chi connectivity index (χ4n) is 1.05. The lowest BCUT2D eigenvalue weighted by Crippen LogP contribution is -2.40. The molecule has 0 saturated carbocycles. The van der Waals surface area contributed by atoms with Crippen LogP contribution in [0.1, 0.15) is 48.5 Å². The van der Waals surface area contributed by atoms with Gasteiger partial charge in [-0.1, -0.05) is 41.5 Å². The van der Waals surface area contributed by atoms with Crippen LogP contribution in [0.15, 0.2) is 0 Å². The van der Waals surface area contributed by atoms with Crippen LogP contribution in [0.4, 0.5) is 13.2 Å². The van der Waals surface area contributed by atoms with E-state index in [9.17, 15) is 13.2 Å². The van der Waals surface area contributed by atoms with Crippen LogP contribution in [0.25, 0.3) is 0 Å². The minimum Gasteiger partial charge on any atom is -0.349 e. The maximum Gasteiger partial charge on any atom is 0.411 e. The van der Waals surface area contributed by atoms with Gasteiger partial charge in [-0.3, -0.25) is 0 Å². The molecule has 0 aliphatic rings. The summed E-state index contributed by atoms with van der Waals surface area (Å²) in [5.74, 6) is 0. The second-order valence-corrected chi connectivity index (χ2v) is 6.77. The molecule has 110 valence electrons. The predicted octanol–water partition coefficient (Wildman–Crippen LogP) is 4.39. The van der Waals surface area contributed by atoms with E-state index >= 15 is 0 Å². The first-order valence-corrected chi connectivity index (χ1v) is 6.07. The van der Waals surface area contributed by atoms with Crippen LogP contribution in [-0.4, -0.2) is 25.2 Å². The molecule has 0 spiro atoms. The molecule has 0 rings (SSSR count). The van der Waals surface area contributed by atoms with Crippen LogP contribution in [0.2, 0.25) is 0 Å². The summed E-state index contributed by atoms with van der Waals surface area (Å²) in [6.07, 6.45) is -5.42. The Hall–Kier alpha value is -0.290. The van der Waals surface area contributed by atoms with Crippen molar-refractivity contribution >= 4 is 0 Å². The molecule has 2 unspecified atom stereocenters. The van der Waals surface area contributed by atoms with Crippen LogP contribution < -0.4 is 0 Å². The van der Waals surface area contributed by atoms with Crippen molar-refractivity contribution in [2.45, 2.75) is 67.0 Å². The molecule has 5 heteroatoms. The maximum absolute atomic E-state index is 12.2. The zero-order valence-electron chi connectivity index (χ0n) is 12.3. The van der Waals surface area contributed by atoms with Gasteiger partial charge in [0.05, 0.1) is 6.10 Å². The average molecular weight is 270 g/mol. The highest BCUT2D eigenvalue weighted by molar-refractivity contribution is 4.74. The lowest BCUT2D eigenvalue weighted by Gasteiger charge is -2.37. The molecule has 0 aliphatic carbocycles. The second-order valence-electron chi connectivity index (χ2n) is 6.77. The summed E-state index contributed by atoms with van der Waals surface area (Å²) in [6, 6.07) is 0. The van der Waals surface area contributed by atoms with E-state index in [1.165, 1.54) is 0 Å². The summed E-state index contributed by atoms with van der Waals surface area (Å²) in [4.78, 5) is 0. The lowest BCUT2D eigenvalue weighted by molar-refractivity contribution is -0.272. The van der Waals surface area contributed by atoms with Gasteiger partial charge in [0.15, 0.2) is 6.29 Å². The highest BCUT2D eigenvalue weighted by Gasteiger charge is 2.36. The molecule has 0 amide bonds. The Kier molecular flexibility index (Phi) is 5.69. The summed E-state index contributed by atoms with van der Waals surface area (Å²) in [5.41, 5.74) is -0.657. The molecule has 0 aromatic carbocycles. The van der Waals surface area contributed by atoms with Crippen LogP contribution in [0, 0.1) is 10.8 Å². The summed E-state index contributed by atoms with van der Waals surface area (Å²) in [7, 11) is 0. The van der Waals surface area contributed by atoms with Crippen molar-refractivity contribution in [2.75, 3.05) is 6.61 Å². The van der Waals surface area contributed by atoms with Crippen molar-refractivity contribution < 1.29 is 22.6 Å². The van der Waals surface area contributed by atoms with Gasteiger partial charge in [-0.2, -0.15) is 13.2 Å². The maximum atomic E-state index is 12.2. The minimum atomic E-state index is -4.34. The zero-order valence-corrected chi connectivity index (χ0v) is 12.3. The van der Waals surface area contributed by atoms with Gasteiger partial charge >= 0.3 is 6.18 Å². The summed E-state index contributed by atoms with van der Waals surface area (Å²) in [5, 5.41) is 0. The number of hydrogen-bond donors (Lipinski definition) is 0. The van der Waals surface area contributed by atoms with E-state index in [4.69, 9.17) is 9.47 Å².